The van der Waals surface area contributed by atoms with Crippen LogP contribution in [0.5, 0.6) is 5.75 Å². The van der Waals surface area contributed by atoms with Gasteiger partial charge in [0, 0.05) is 6.42 Å². The molecule has 0 spiro atoms. The third-order valence-electron chi connectivity index (χ3n) is 3.77. The predicted molar refractivity (Wildman–Crippen MR) is 68.4 cm³/mol. The first kappa shape index (κ1) is 11.8. The number of benzene rings is 1. The number of aliphatic carboxylic acids is 1. The second-order valence-electron chi connectivity index (χ2n) is 5.13. The maximum Gasteiger partial charge on any atom is 0.303 e. The topological polar surface area (TPSA) is 46.5 Å². The van der Waals surface area contributed by atoms with Crippen LogP contribution in [0, 0.1) is 5.92 Å². The lowest BCUT2D eigenvalue weighted by atomic mass is 9.89. The van der Waals surface area contributed by atoms with Crippen molar-refractivity contribution < 1.29 is 14.6 Å². The van der Waals surface area contributed by atoms with Crippen LogP contribution in [0.1, 0.15) is 36.3 Å². The van der Waals surface area contributed by atoms with Gasteiger partial charge in [0.1, 0.15) is 5.75 Å². The van der Waals surface area contributed by atoms with E-state index in [-0.39, 0.29) is 12.3 Å². The summed E-state index contributed by atoms with van der Waals surface area (Å²) in [5.41, 5.74) is 2.18. The summed E-state index contributed by atoms with van der Waals surface area (Å²) in [6.07, 6.45) is 3.32. The summed E-state index contributed by atoms with van der Waals surface area (Å²) in [6, 6.07) is 3.97. The van der Waals surface area contributed by atoms with Gasteiger partial charge in [0.25, 0.3) is 0 Å². The van der Waals surface area contributed by atoms with Gasteiger partial charge in [0.2, 0.25) is 0 Å². The molecule has 1 fully saturated rings. The molecule has 1 saturated carbocycles. The van der Waals surface area contributed by atoms with Gasteiger partial charge in [0.15, 0.2) is 0 Å². The number of carbonyl (C=O) groups is 1. The predicted octanol–water partition coefficient (Wildman–Crippen LogP) is 3.24. The highest BCUT2D eigenvalue weighted by molar-refractivity contribution is 6.32. The number of carboxylic acids is 1. The average molecular weight is 267 g/mol. The highest BCUT2D eigenvalue weighted by Gasteiger charge is 2.34. The van der Waals surface area contributed by atoms with Crippen LogP contribution in [-0.2, 0) is 11.2 Å². The Hall–Kier alpha value is -1.22. The maximum absolute atomic E-state index is 11.0. The van der Waals surface area contributed by atoms with E-state index in [2.05, 4.69) is 6.07 Å². The number of hydrogen-bond donors (Lipinski definition) is 1. The minimum absolute atomic E-state index is 0.103. The van der Waals surface area contributed by atoms with Crippen LogP contribution in [0.4, 0.5) is 0 Å². The molecule has 1 aliphatic heterocycles. The molecule has 18 heavy (non-hydrogen) atoms. The van der Waals surface area contributed by atoms with Crippen molar-refractivity contribution in [3.63, 3.8) is 0 Å². The van der Waals surface area contributed by atoms with E-state index in [0.717, 1.165) is 36.1 Å². The van der Waals surface area contributed by atoms with E-state index in [4.69, 9.17) is 21.4 Å². The molecule has 3 rings (SSSR count). The molecule has 1 heterocycles. The van der Waals surface area contributed by atoms with Crippen molar-refractivity contribution in [2.75, 3.05) is 6.61 Å². The zero-order chi connectivity index (χ0) is 12.7. The molecule has 1 atom stereocenters. The number of halogens is 1. The van der Waals surface area contributed by atoms with Gasteiger partial charge in [-0.25, -0.2) is 0 Å². The standard InChI is InChI=1S/C14H15ClO3/c15-12-6-10(5-9-3-4-18-14(9)12)11(7-13(16)17)8-1-2-8/h5-6,8,11H,1-4,7H2,(H,16,17). The molecular formula is C14H15ClO3. The fourth-order valence-corrected chi connectivity index (χ4v) is 3.04. The molecule has 96 valence electrons. The fraction of sp³-hybridized carbons (Fsp3) is 0.500. The van der Waals surface area contributed by atoms with Crippen LogP contribution in [0.3, 0.4) is 0 Å². The normalized spacial score (nSPS) is 19.2. The summed E-state index contributed by atoms with van der Waals surface area (Å²) < 4.78 is 5.47. The van der Waals surface area contributed by atoms with E-state index < -0.39 is 5.97 Å². The third kappa shape index (κ3) is 2.19. The molecule has 1 N–H and O–H groups in total. The minimum atomic E-state index is -0.736. The van der Waals surface area contributed by atoms with Gasteiger partial charge in [-0.2, -0.15) is 0 Å². The molecule has 0 bridgehead atoms. The Morgan fingerprint density at radius 2 is 2.28 bits per heavy atom. The Morgan fingerprint density at radius 3 is 2.94 bits per heavy atom. The van der Waals surface area contributed by atoms with Crippen molar-refractivity contribution >= 4 is 17.6 Å². The first-order chi connectivity index (χ1) is 8.65. The summed E-state index contributed by atoms with van der Waals surface area (Å²) in [6.45, 7) is 0.672. The second-order valence-corrected chi connectivity index (χ2v) is 5.54. The zero-order valence-corrected chi connectivity index (χ0v) is 10.7. The molecule has 0 radical (unpaired) electrons. The molecule has 3 nitrogen and oxygen atoms in total. The summed E-state index contributed by atoms with van der Waals surface area (Å²) in [5.74, 6) is 0.661. The van der Waals surface area contributed by atoms with Crippen LogP contribution < -0.4 is 4.74 Å². The number of rotatable bonds is 4. The maximum atomic E-state index is 11.0. The summed E-state index contributed by atoms with van der Waals surface area (Å²) >= 11 is 6.21. The van der Waals surface area contributed by atoms with Crippen LogP contribution in [0.15, 0.2) is 12.1 Å². The van der Waals surface area contributed by atoms with Gasteiger partial charge < -0.3 is 9.84 Å². The molecule has 1 aliphatic carbocycles. The highest BCUT2D eigenvalue weighted by Crippen LogP contribution is 2.46. The van der Waals surface area contributed by atoms with Crippen LogP contribution in [0.2, 0.25) is 5.02 Å². The van der Waals surface area contributed by atoms with E-state index in [9.17, 15) is 4.79 Å². The van der Waals surface area contributed by atoms with Gasteiger partial charge >= 0.3 is 5.97 Å². The van der Waals surface area contributed by atoms with Crippen molar-refractivity contribution in [3.05, 3.63) is 28.3 Å². The Kier molecular flexibility index (Phi) is 2.94. The fourth-order valence-electron chi connectivity index (χ4n) is 2.74. The van der Waals surface area contributed by atoms with E-state index >= 15 is 0 Å². The monoisotopic (exact) mass is 266 g/mol. The Morgan fingerprint density at radius 1 is 1.50 bits per heavy atom. The largest absolute Gasteiger partial charge is 0.491 e. The summed E-state index contributed by atoms with van der Waals surface area (Å²) in [7, 11) is 0. The molecule has 0 saturated heterocycles. The third-order valence-corrected chi connectivity index (χ3v) is 4.06. The lowest BCUT2D eigenvalue weighted by Gasteiger charge is -2.16. The second kappa shape index (κ2) is 4.47. The molecule has 0 aromatic heterocycles. The number of ether oxygens (including phenoxy) is 1. The number of fused-ring (bicyclic) bond motifs is 1. The van der Waals surface area contributed by atoms with E-state index in [0.29, 0.717) is 17.5 Å². The lowest BCUT2D eigenvalue weighted by molar-refractivity contribution is -0.137. The minimum Gasteiger partial charge on any atom is -0.491 e. The molecule has 1 unspecified atom stereocenters. The van der Waals surface area contributed by atoms with Crippen molar-refractivity contribution in [2.24, 2.45) is 5.92 Å². The van der Waals surface area contributed by atoms with Gasteiger partial charge in [-0.1, -0.05) is 17.7 Å². The van der Waals surface area contributed by atoms with Crippen LogP contribution in [-0.4, -0.2) is 17.7 Å². The molecule has 2 aliphatic rings. The van der Waals surface area contributed by atoms with Crippen molar-refractivity contribution in [3.8, 4) is 5.75 Å². The SMILES string of the molecule is O=C(O)CC(c1cc(Cl)c2c(c1)CCO2)C1CC1. The number of carboxylic acid groups (broad SMARTS) is 1. The van der Waals surface area contributed by atoms with E-state index in [1.165, 1.54) is 0 Å². The van der Waals surface area contributed by atoms with E-state index in [1.54, 1.807) is 0 Å². The Balaban J connectivity index is 1.94. The molecular weight excluding hydrogens is 252 g/mol. The molecule has 4 heteroatoms. The van der Waals surface area contributed by atoms with Crippen molar-refractivity contribution in [1.82, 2.24) is 0 Å². The zero-order valence-electron chi connectivity index (χ0n) is 9.99. The lowest BCUT2D eigenvalue weighted by Crippen LogP contribution is -2.08. The van der Waals surface area contributed by atoms with Gasteiger partial charge in [-0.15, -0.1) is 0 Å². The van der Waals surface area contributed by atoms with E-state index in [1.807, 2.05) is 6.07 Å². The molecule has 1 aromatic carbocycles. The number of hydrogen-bond acceptors (Lipinski definition) is 2. The van der Waals surface area contributed by atoms with Gasteiger partial charge in [-0.3, -0.25) is 4.79 Å². The van der Waals surface area contributed by atoms with Crippen molar-refractivity contribution in [2.45, 2.75) is 31.6 Å². The Labute approximate surface area is 111 Å². The van der Waals surface area contributed by atoms with Gasteiger partial charge in [-0.05, 0) is 41.9 Å². The molecule has 0 amide bonds. The van der Waals surface area contributed by atoms with Gasteiger partial charge in [0.05, 0.1) is 18.1 Å². The van der Waals surface area contributed by atoms with Crippen molar-refractivity contribution in [1.29, 1.82) is 0 Å². The summed E-state index contributed by atoms with van der Waals surface area (Å²) in [4.78, 5) is 11.0. The molecule has 1 aromatic rings. The smallest absolute Gasteiger partial charge is 0.303 e. The average Bonchev–Trinajstić information content (AvgIpc) is 3.03. The highest BCUT2D eigenvalue weighted by atomic mass is 35.5. The Bertz CT molecular complexity index is 494. The van der Waals surface area contributed by atoms with Crippen LogP contribution >= 0.6 is 11.6 Å². The first-order valence-electron chi connectivity index (χ1n) is 6.32. The first-order valence-corrected chi connectivity index (χ1v) is 6.70. The van der Waals surface area contributed by atoms with Crippen LogP contribution in [0.25, 0.3) is 0 Å². The summed E-state index contributed by atoms with van der Waals surface area (Å²) in [5, 5.41) is 9.65. The quantitative estimate of drug-likeness (QED) is 0.910.